The fourth-order valence-corrected chi connectivity index (χ4v) is 2.06. The van der Waals surface area contributed by atoms with Gasteiger partial charge in [0.2, 0.25) is 0 Å². The monoisotopic (exact) mass is 316 g/mol. The molecule has 0 bridgehead atoms. The Morgan fingerprint density at radius 1 is 0.864 bits per heavy atom. The first-order valence-electron chi connectivity index (χ1n) is 8.59. The third-order valence-electron chi connectivity index (χ3n) is 3.37. The van der Waals surface area contributed by atoms with Gasteiger partial charge >= 0.3 is 11.9 Å². The van der Waals surface area contributed by atoms with Gasteiger partial charge in [0.25, 0.3) is 0 Å². The molecule has 5 heteroatoms. The van der Waals surface area contributed by atoms with Crippen molar-refractivity contribution < 1.29 is 24.2 Å². The van der Waals surface area contributed by atoms with Crippen LogP contribution in [0.4, 0.5) is 0 Å². The largest absolute Gasteiger partial charge is 0.462 e. The zero-order valence-corrected chi connectivity index (χ0v) is 14.1. The minimum Gasteiger partial charge on any atom is -0.462 e. The number of ether oxygens (including phenoxy) is 2. The predicted molar refractivity (Wildman–Crippen MR) is 85.4 cm³/mol. The molecule has 0 aromatic carbocycles. The van der Waals surface area contributed by atoms with Gasteiger partial charge in [-0.2, -0.15) is 0 Å². The van der Waals surface area contributed by atoms with Gasteiger partial charge in [0.05, 0.1) is 6.61 Å². The molecule has 1 N–H and O–H groups in total. The van der Waals surface area contributed by atoms with Crippen molar-refractivity contribution >= 4 is 11.9 Å². The van der Waals surface area contributed by atoms with E-state index in [1.165, 1.54) is 25.7 Å². The number of hydrogen-bond acceptors (Lipinski definition) is 5. The number of carbonyl (C=O) groups is 2. The smallest absolute Gasteiger partial charge is 0.306 e. The fraction of sp³-hybridized carbons (Fsp3) is 0.882. The number of unbranched alkanes of at least 4 members (excludes halogenated alkanes) is 6. The Labute approximate surface area is 134 Å². The summed E-state index contributed by atoms with van der Waals surface area (Å²) in [6.45, 7) is 3.66. The summed E-state index contributed by atoms with van der Waals surface area (Å²) in [5.74, 6) is -0.664. The van der Waals surface area contributed by atoms with E-state index in [-0.39, 0.29) is 25.2 Å². The molecule has 0 rings (SSSR count). The summed E-state index contributed by atoms with van der Waals surface area (Å²) in [5.41, 5.74) is 0. The van der Waals surface area contributed by atoms with Crippen molar-refractivity contribution in [3.8, 4) is 0 Å². The minimum atomic E-state index is -0.753. The molecule has 22 heavy (non-hydrogen) atoms. The van der Waals surface area contributed by atoms with Gasteiger partial charge < -0.3 is 14.6 Å². The summed E-state index contributed by atoms with van der Waals surface area (Å²) in [5, 5.41) is 9.10. The van der Waals surface area contributed by atoms with Gasteiger partial charge in [-0.1, -0.05) is 52.4 Å². The number of aliphatic hydroxyl groups is 1. The van der Waals surface area contributed by atoms with Crippen molar-refractivity contribution in [2.45, 2.75) is 84.2 Å². The van der Waals surface area contributed by atoms with E-state index in [0.29, 0.717) is 19.3 Å². The van der Waals surface area contributed by atoms with Crippen LogP contribution in [0, 0.1) is 0 Å². The van der Waals surface area contributed by atoms with E-state index in [2.05, 4.69) is 6.92 Å². The minimum absolute atomic E-state index is 0.0682. The molecule has 0 saturated heterocycles. The lowest BCUT2D eigenvalue weighted by Gasteiger charge is -2.15. The lowest BCUT2D eigenvalue weighted by atomic mass is 10.1. The molecule has 1 unspecified atom stereocenters. The van der Waals surface area contributed by atoms with Crippen molar-refractivity contribution in [2.75, 3.05) is 13.2 Å². The maximum atomic E-state index is 11.6. The van der Waals surface area contributed by atoms with Gasteiger partial charge in [-0.25, -0.2) is 0 Å². The second kappa shape index (κ2) is 14.8. The van der Waals surface area contributed by atoms with Crippen molar-refractivity contribution in [2.24, 2.45) is 0 Å². The highest BCUT2D eigenvalue weighted by atomic mass is 16.6. The Bertz CT molecular complexity index is 291. The molecule has 1 atom stereocenters. The summed E-state index contributed by atoms with van der Waals surface area (Å²) in [6, 6.07) is 0. The van der Waals surface area contributed by atoms with Gasteiger partial charge in [-0.15, -0.1) is 0 Å². The maximum Gasteiger partial charge on any atom is 0.306 e. The molecule has 0 fully saturated rings. The first kappa shape index (κ1) is 20.9. The lowest BCUT2D eigenvalue weighted by Crippen LogP contribution is -2.28. The van der Waals surface area contributed by atoms with Crippen LogP contribution in [0.25, 0.3) is 0 Å². The Morgan fingerprint density at radius 3 is 2.09 bits per heavy atom. The van der Waals surface area contributed by atoms with Crippen LogP contribution in [0.2, 0.25) is 0 Å². The Kier molecular flexibility index (Phi) is 14.1. The summed E-state index contributed by atoms with van der Waals surface area (Å²) in [6.07, 6.45) is 8.65. The van der Waals surface area contributed by atoms with Gasteiger partial charge in [-0.05, 0) is 12.8 Å². The van der Waals surface area contributed by atoms with Crippen molar-refractivity contribution in [1.29, 1.82) is 0 Å². The summed E-state index contributed by atoms with van der Waals surface area (Å²) >= 11 is 0. The Balaban J connectivity index is 3.63. The van der Waals surface area contributed by atoms with Crippen LogP contribution >= 0.6 is 0 Å². The molecule has 0 radical (unpaired) electrons. The van der Waals surface area contributed by atoms with Gasteiger partial charge in [0, 0.05) is 12.8 Å². The fourth-order valence-electron chi connectivity index (χ4n) is 2.06. The van der Waals surface area contributed by atoms with Crippen molar-refractivity contribution in [1.82, 2.24) is 0 Å². The van der Waals surface area contributed by atoms with Crippen molar-refractivity contribution in [3.63, 3.8) is 0 Å². The highest BCUT2D eigenvalue weighted by Crippen LogP contribution is 2.09. The zero-order chi connectivity index (χ0) is 16.6. The summed E-state index contributed by atoms with van der Waals surface area (Å²) in [4.78, 5) is 22.9. The van der Waals surface area contributed by atoms with E-state index in [1.807, 2.05) is 6.92 Å². The topological polar surface area (TPSA) is 72.8 Å². The lowest BCUT2D eigenvalue weighted by molar-refractivity contribution is -0.161. The average molecular weight is 316 g/mol. The number of aliphatic hydroxyl groups excluding tert-OH is 1. The van der Waals surface area contributed by atoms with Gasteiger partial charge in [-0.3, -0.25) is 9.59 Å². The van der Waals surface area contributed by atoms with Crippen LogP contribution in [0.15, 0.2) is 0 Å². The van der Waals surface area contributed by atoms with Crippen LogP contribution in [0.3, 0.4) is 0 Å². The van der Waals surface area contributed by atoms with E-state index in [4.69, 9.17) is 14.6 Å². The van der Waals surface area contributed by atoms with E-state index < -0.39 is 6.10 Å². The second-order valence-corrected chi connectivity index (χ2v) is 5.60. The SMILES string of the molecule is CCCCCCCCCC(=O)OCC(CO)OC(=O)CCC. The summed E-state index contributed by atoms with van der Waals surface area (Å²) in [7, 11) is 0. The normalized spacial score (nSPS) is 12.0. The molecule has 0 aromatic heterocycles. The standard InChI is InChI=1S/C17H32O5/c1-3-5-6-7-8-9-10-12-16(19)21-14-15(13-18)22-17(20)11-4-2/h15,18H,3-14H2,1-2H3. The van der Waals surface area contributed by atoms with Gasteiger partial charge in [0.1, 0.15) is 6.61 Å². The van der Waals surface area contributed by atoms with Crippen LogP contribution in [-0.2, 0) is 19.1 Å². The molecule has 0 aromatic rings. The van der Waals surface area contributed by atoms with Crippen LogP contribution in [0.5, 0.6) is 0 Å². The number of esters is 2. The zero-order valence-electron chi connectivity index (χ0n) is 14.1. The van der Waals surface area contributed by atoms with Crippen LogP contribution < -0.4 is 0 Å². The Morgan fingerprint density at radius 2 is 1.50 bits per heavy atom. The molecule has 5 nitrogen and oxygen atoms in total. The van der Waals surface area contributed by atoms with Crippen LogP contribution in [0.1, 0.15) is 78.1 Å². The molecule has 0 heterocycles. The highest BCUT2D eigenvalue weighted by molar-refractivity contribution is 5.70. The average Bonchev–Trinajstić information content (AvgIpc) is 2.50. The highest BCUT2D eigenvalue weighted by Gasteiger charge is 2.15. The number of hydrogen-bond donors (Lipinski definition) is 1. The molecule has 0 spiro atoms. The first-order valence-corrected chi connectivity index (χ1v) is 8.59. The van der Waals surface area contributed by atoms with Crippen molar-refractivity contribution in [3.05, 3.63) is 0 Å². The third kappa shape index (κ3) is 12.6. The molecular formula is C17H32O5. The first-order chi connectivity index (χ1) is 10.6. The third-order valence-corrected chi connectivity index (χ3v) is 3.37. The molecule has 0 aliphatic rings. The predicted octanol–water partition coefficient (Wildman–Crippen LogP) is 3.37. The van der Waals surface area contributed by atoms with E-state index in [1.54, 1.807) is 0 Å². The van der Waals surface area contributed by atoms with E-state index in [0.717, 1.165) is 19.3 Å². The van der Waals surface area contributed by atoms with E-state index in [9.17, 15) is 9.59 Å². The quantitative estimate of drug-likeness (QED) is 0.393. The van der Waals surface area contributed by atoms with E-state index >= 15 is 0 Å². The Hall–Kier alpha value is -1.10. The molecule has 130 valence electrons. The van der Waals surface area contributed by atoms with Crippen LogP contribution in [-0.4, -0.2) is 36.4 Å². The maximum absolute atomic E-state index is 11.6. The number of carbonyl (C=O) groups excluding carboxylic acids is 2. The number of rotatable bonds is 14. The molecule has 0 saturated carbocycles. The molecule has 0 aliphatic heterocycles. The molecule has 0 aliphatic carbocycles. The molecule has 0 amide bonds. The summed E-state index contributed by atoms with van der Waals surface area (Å²) < 4.78 is 10.0. The molecular weight excluding hydrogens is 284 g/mol. The van der Waals surface area contributed by atoms with Gasteiger partial charge in [0.15, 0.2) is 6.10 Å². The second-order valence-electron chi connectivity index (χ2n) is 5.60.